The predicted octanol–water partition coefficient (Wildman–Crippen LogP) is 5.87. The van der Waals surface area contributed by atoms with E-state index < -0.39 is 11.7 Å². The van der Waals surface area contributed by atoms with Crippen molar-refractivity contribution in [1.29, 1.82) is 0 Å². The highest BCUT2D eigenvalue weighted by Crippen LogP contribution is 2.31. The van der Waals surface area contributed by atoms with Crippen LogP contribution in [0.5, 0.6) is 0 Å². The molecule has 0 fully saturated rings. The molecule has 0 aliphatic rings. The fraction of sp³-hybridized carbons (Fsp3) is 0.0526. The zero-order valence-corrected chi connectivity index (χ0v) is 12.7. The van der Waals surface area contributed by atoms with Gasteiger partial charge in [-0.15, -0.1) is 0 Å². The van der Waals surface area contributed by atoms with Crippen LogP contribution in [0.2, 0.25) is 0 Å². The Morgan fingerprint density at radius 1 is 0.625 bits per heavy atom. The van der Waals surface area contributed by atoms with Crippen molar-refractivity contribution in [1.82, 2.24) is 0 Å². The molecule has 0 spiro atoms. The fourth-order valence-corrected chi connectivity index (χ4v) is 2.30. The lowest BCUT2D eigenvalue weighted by molar-refractivity contribution is -0.137. The van der Waals surface area contributed by atoms with Crippen molar-refractivity contribution in [2.75, 3.05) is 10.4 Å². The third kappa shape index (κ3) is 3.68. The third-order valence-corrected chi connectivity index (χ3v) is 3.48. The molecule has 3 aromatic carbocycles. The summed E-state index contributed by atoms with van der Waals surface area (Å²) in [7, 11) is 0. The number of para-hydroxylation sites is 2. The van der Waals surface area contributed by atoms with Crippen LogP contribution < -0.4 is 10.4 Å². The number of nitrogens with one attached hydrogen (secondary N) is 1. The molecule has 0 aliphatic carbocycles. The van der Waals surface area contributed by atoms with Gasteiger partial charge < -0.3 is 0 Å². The van der Waals surface area contributed by atoms with Gasteiger partial charge in [0.05, 0.1) is 22.6 Å². The second kappa shape index (κ2) is 6.66. The Morgan fingerprint density at radius 3 is 1.50 bits per heavy atom. The van der Waals surface area contributed by atoms with Gasteiger partial charge in [-0.2, -0.15) is 13.2 Å². The van der Waals surface area contributed by atoms with E-state index in [1.807, 2.05) is 65.7 Å². The maximum absolute atomic E-state index is 12.7. The molecule has 0 heterocycles. The van der Waals surface area contributed by atoms with Crippen molar-refractivity contribution in [2.24, 2.45) is 0 Å². The number of hydrazine groups is 1. The molecule has 0 aromatic heterocycles. The van der Waals surface area contributed by atoms with E-state index in [-0.39, 0.29) is 0 Å². The molecule has 0 unspecified atom stereocenters. The summed E-state index contributed by atoms with van der Waals surface area (Å²) in [6.45, 7) is 0. The van der Waals surface area contributed by atoms with E-state index in [1.165, 1.54) is 12.1 Å². The maximum Gasteiger partial charge on any atom is 0.416 e. The lowest BCUT2D eigenvalue weighted by Gasteiger charge is -2.26. The molecule has 5 heteroatoms. The lowest BCUT2D eigenvalue weighted by atomic mass is 10.2. The minimum absolute atomic E-state index is 0.565. The van der Waals surface area contributed by atoms with E-state index in [1.54, 1.807) is 0 Å². The average Bonchev–Trinajstić information content (AvgIpc) is 2.61. The van der Waals surface area contributed by atoms with Gasteiger partial charge in [-0.05, 0) is 48.5 Å². The highest BCUT2D eigenvalue weighted by Gasteiger charge is 2.30. The van der Waals surface area contributed by atoms with Crippen LogP contribution in [-0.2, 0) is 6.18 Å². The Bertz CT molecular complexity index is 730. The fourth-order valence-electron chi connectivity index (χ4n) is 2.30. The Kier molecular flexibility index (Phi) is 4.42. The third-order valence-electron chi connectivity index (χ3n) is 3.48. The van der Waals surface area contributed by atoms with Gasteiger partial charge in [-0.3, -0.25) is 10.4 Å². The summed E-state index contributed by atoms with van der Waals surface area (Å²) in [6.07, 6.45) is -4.34. The van der Waals surface area contributed by atoms with Crippen LogP contribution in [0.4, 0.5) is 30.2 Å². The molecule has 0 bridgehead atoms. The molecule has 0 amide bonds. The average molecular weight is 328 g/mol. The maximum atomic E-state index is 12.7. The van der Waals surface area contributed by atoms with Gasteiger partial charge in [0.1, 0.15) is 0 Å². The molecule has 3 rings (SSSR count). The lowest BCUT2D eigenvalue weighted by Crippen LogP contribution is -2.24. The summed E-state index contributed by atoms with van der Waals surface area (Å²) in [6, 6.07) is 24.1. The van der Waals surface area contributed by atoms with Gasteiger partial charge in [-0.25, -0.2) is 0 Å². The smallest absolute Gasteiger partial charge is 0.294 e. The van der Waals surface area contributed by atoms with Gasteiger partial charge in [0, 0.05) is 0 Å². The van der Waals surface area contributed by atoms with Crippen molar-refractivity contribution in [3.05, 3.63) is 90.5 Å². The zero-order chi connectivity index (χ0) is 17.0. The van der Waals surface area contributed by atoms with Gasteiger partial charge in [-0.1, -0.05) is 36.4 Å². The van der Waals surface area contributed by atoms with Crippen LogP contribution in [0.15, 0.2) is 84.9 Å². The zero-order valence-electron chi connectivity index (χ0n) is 12.7. The Hall–Kier alpha value is -2.95. The number of rotatable bonds is 4. The number of alkyl halides is 3. The van der Waals surface area contributed by atoms with Crippen LogP contribution in [-0.4, -0.2) is 0 Å². The Labute approximate surface area is 138 Å². The van der Waals surface area contributed by atoms with Gasteiger partial charge in [0.25, 0.3) is 0 Å². The normalized spacial score (nSPS) is 11.1. The van der Waals surface area contributed by atoms with E-state index >= 15 is 0 Å². The molecular weight excluding hydrogens is 313 g/mol. The molecule has 1 N–H and O–H groups in total. The molecule has 0 aliphatic heterocycles. The number of anilines is 3. The summed E-state index contributed by atoms with van der Waals surface area (Å²) >= 11 is 0. The second-order valence-electron chi connectivity index (χ2n) is 5.19. The van der Waals surface area contributed by atoms with Crippen LogP contribution in [0.1, 0.15) is 5.56 Å². The molecule has 2 nitrogen and oxygen atoms in total. The summed E-state index contributed by atoms with van der Waals surface area (Å²) < 4.78 is 38.0. The summed E-state index contributed by atoms with van der Waals surface area (Å²) in [4.78, 5) is 0. The predicted molar refractivity (Wildman–Crippen MR) is 90.1 cm³/mol. The van der Waals surface area contributed by atoms with Crippen molar-refractivity contribution < 1.29 is 13.2 Å². The first kappa shape index (κ1) is 15.9. The molecule has 0 radical (unpaired) electrons. The topological polar surface area (TPSA) is 15.3 Å². The van der Waals surface area contributed by atoms with Gasteiger partial charge >= 0.3 is 6.18 Å². The second-order valence-corrected chi connectivity index (χ2v) is 5.19. The number of halogens is 3. The van der Waals surface area contributed by atoms with E-state index in [2.05, 4.69) is 5.43 Å². The molecular formula is C19H15F3N2. The van der Waals surface area contributed by atoms with Gasteiger partial charge in [0.15, 0.2) is 0 Å². The molecule has 0 saturated heterocycles. The highest BCUT2D eigenvalue weighted by molar-refractivity contribution is 5.68. The molecule has 0 saturated carbocycles. The molecule has 122 valence electrons. The molecule has 0 atom stereocenters. The first-order valence-electron chi connectivity index (χ1n) is 7.38. The van der Waals surface area contributed by atoms with Gasteiger partial charge in [0.2, 0.25) is 0 Å². The Balaban J connectivity index is 1.90. The highest BCUT2D eigenvalue weighted by atomic mass is 19.4. The van der Waals surface area contributed by atoms with Crippen molar-refractivity contribution >= 4 is 17.1 Å². The van der Waals surface area contributed by atoms with Crippen molar-refractivity contribution in [3.63, 3.8) is 0 Å². The summed E-state index contributed by atoms with van der Waals surface area (Å²) in [5.74, 6) is 0. The summed E-state index contributed by atoms with van der Waals surface area (Å²) in [5.41, 5.74) is 4.81. The number of hydrogen-bond acceptors (Lipinski definition) is 2. The first-order chi connectivity index (χ1) is 11.5. The van der Waals surface area contributed by atoms with Crippen LogP contribution in [0, 0.1) is 0 Å². The number of benzene rings is 3. The van der Waals surface area contributed by atoms with Crippen LogP contribution in [0.3, 0.4) is 0 Å². The molecule has 3 aromatic rings. The van der Waals surface area contributed by atoms with Crippen molar-refractivity contribution in [3.8, 4) is 0 Å². The van der Waals surface area contributed by atoms with E-state index in [9.17, 15) is 13.2 Å². The largest absolute Gasteiger partial charge is 0.416 e. The van der Waals surface area contributed by atoms with Crippen LogP contribution >= 0.6 is 0 Å². The van der Waals surface area contributed by atoms with E-state index in [0.717, 1.165) is 23.5 Å². The van der Waals surface area contributed by atoms with Crippen LogP contribution in [0.25, 0.3) is 0 Å². The SMILES string of the molecule is FC(F)(F)c1ccc(NN(c2ccccc2)c2ccccc2)cc1. The minimum atomic E-state index is -4.34. The standard InChI is InChI=1S/C19H15F3N2/c20-19(21,22)15-11-13-16(14-12-15)23-24(17-7-3-1-4-8-17)18-9-5-2-6-10-18/h1-14,23H. The molecule has 24 heavy (non-hydrogen) atoms. The monoisotopic (exact) mass is 328 g/mol. The first-order valence-corrected chi connectivity index (χ1v) is 7.38. The number of hydrogen-bond donors (Lipinski definition) is 1. The quantitative estimate of drug-likeness (QED) is 0.602. The minimum Gasteiger partial charge on any atom is -0.294 e. The Morgan fingerprint density at radius 2 is 1.08 bits per heavy atom. The van der Waals surface area contributed by atoms with E-state index in [4.69, 9.17) is 0 Å². The van der Waals surface area contributed by atoms with E-state index in [0.29, 0.717) is 5.69 Å². The van der Waals surface area contributed by atoms with Crippen molar-refractivity contribution in [2.45, 2.75) is 6.18 Å². The summed E-state index contributed by atoms with van der Waals surface area (Å²) in [5, 5.41) is 1.82. The number of nitrogens with zero attached hydrogens (tertiary/aromatic N) is 1.